The van der Waals surface area contributed by atoms with Gasteiger partial charge >= 0.3 is 0 Å². The van der Waals surface area contributed by atoms with Crippen LogP contribution in [-0.2, 0) is 16.6 Å². The summed E-state index contributed by atoms with van der Waals surface area (Å²) in [4.78, 5) is 4.13. The number of sulfonamides is 1. The lowest BCUT2D eigenvalue weighted by molar-refractivity contribution is 0.414. The van der Waals surface area contributed by atoms with Gasteiger partial charge in [-0.05, 0) is 31.0 Å². The molecular weight excluding hydrogens is 316 g/mol. The summed E-state index contributed by atoms with van der Waals surface area (Å²) in [5.74, 6) is 1.61. The average Bonchev–Trinajstić information content (AvgIpc) is 2.57. The van der Waals surface area contributed by atoms with Crippen LogP contribution in [0.15, 0.2) is 29.3 Å². The SMILES string of the molecule is CCS(=O)(=O)NCCCNC(=NC)NCc1ccc(OC)cc1. The third kappa shape index (κ3) is 7.85. The van der Waals surface area contributed by atoms with Gasteiger partial charge in [0.15, 0.2) is 5.96 Å². The number of guanidine groups is 1. The molecule has 0 spiro atoms. The Kier molecular flexibility index (Phi) is 8.42. The van der Waals surface area contributed by atoms with Crippen LogP contribution < -0.4 is 20.1 Å². The second-order valence-electron chi connectivity index (χ2n) is 4.85. The molecule has 0 radical (unpaired) electrons. The minimum Gasteiger partial charge on any atom is -0.497 e. The fourth-order valence-electron chi connectivity index (χ4n) is 1.77. The fraction of sp³-hybridized carbons (Fsp3) is 0.533. The van der Waals surface area contributed by atoms with Crippen LogP contribution in [0.25, 0.3) is 0 Å². The van der Waals surface area contributed by atoms with Crippen LogP contribution in [0.4, 0.5) is 0 Å². The maximum Gasteiger partial charge on any atom is 0.211 e. The molecule has 0 aliphatic heterocycles. The molecule has 0 amide bonds. The van der Waals surface area contributed by atoms with E-state index in [9.17, 15) is 8.42 Å². The Morgan fingerprint density at radius 2 is 1.87 bits per heavy atom. The largest absolute Gasteiger partial charge is 0.497 e. The predicted molar refractivity (Wildman–Crippen MR) is 93.3 cm³/mol. The number of hydrogen-bond acceptors (Lipinski definition) is 4. The molecule has 0 aliphatic carbocycles. The predicted octanol–water partition coefficient (Wildman–Crippen LogP) is 0.690. The Morgan fingerprint density at radius 1 is 1.17 bits per heavy atom. The van der Waals surface area contributed by atoms with Gasteiger partial charge in [0.05, 0.1) is 12.9 Å². The summed E-state index contributed by atoms with van der Waals surface area (Å²) in [5, 5.41) is 6.35. The van der Waals surface area contributed by atoms with Crippen LogP contribution in [0.1, 0.15) is 18.9 Å². The molecule has 8 heteroatoms. The van der Waals surface area contributed by atoms with E-state index in [4.69, 9.17) is 4.74 Å². The molecule has 0 atom stereocenters. The Hall–Kier alpha value is -1.80. The van der Waals surface area contributed by atoms with Crippen molar-refractivity contribution < 1.29 is 13.2 Å². The summed E-state index contributed by atoms with van der Waals surface area (Å²) in [7, 11) is 0.224. The van der Waals surface area contributed by atoms with Gasteiger partial charge in [-0.3, -0.25) is 4.99 Å². The van der Waals surface area contributed by atoms with E-state index in [0.29, 0.717) is 32.0 Å². The number of nitrogens with one attached hydrogen (secondary N) is 3. The summed E-state index contributed by atoms with van der Waals surface area (Å²) in [6, 6.07) is 7.79. The highest BCUT2D eigenvalue weighted by atomic mass is 32.2. The molecule has 0 aromatic heterocycles. The lowest BCUT2D eigenvalue weighted by Crippen LogP contribution is -2.38. The Balaban J connectivity index is 2.26. The normalized spacial score (nSPS) is 12.0. The van der Waals surface area contributed by atoms with Crippen molar-refractivity contribution in [2.24, 2.45) is 4.99 Å². The molecule has 1 aromatic carbocycles. The van der Waals surface area contributed by atoms with E-state index in [-0.39, 0.29) is 5.75 Å². The van der Waals surface area contributed by atoms with Crippen molar-refractivity contribution in [2.45, 2.75) is 19.9 Å². The topological polar surface area (TPSA) is 91.8 Å². The number of methoxy groups -OCH3 is 1. The van der Waals surface area contributed by atoms with Crippen molar-refractivity contribution in [2.75, 3.05) is 33.0 Å². The highest BCUT2D eigenvalue weighted by molar-refractivity contribution is 7.89. The minimum absolute atomic E-state index is 0.103. The Labute approximate surface area is 138 Å². The van der Waals surface area contributed by atoms with Crippen molar-refractivity contribution in [1.82, 2.24) is 15.4 Å². The van der Waals surface area contributed by atoms with Crippen molar-refractivity contribution in [3.8, 4) is 5.75 Å². The van der Waals surface area contributed by atoms with Crippen LogP contribution in [0.2, 0.25) is 0 Å². The lowest BCUT2D eigenvalue weighted by Gasteiger charge is -2.12. The van der Waals surface area contributed by atoms with Crippen molar-refractivity contribution in [3.05, 3.63) is 29.8 Å². The molecule has 0 unspecified atom stereocenters. The summed E-state index contributed by atoms with van der Waals surface area (Å²) in [5.41, 5.74) is 1.12. The standard InChI is InChI=1S/C15H26N4O3S/c1-4-23(20,21)19-11-5-10-17-15(16-2)18-12-13-6-8-14(22-3)9-7-13/h6-9,19H,4-5,10-12H2,1-3H3,(H2,16,17,18). The summed E-state index contributed by atoms with van der Waals surface area (Å²) >= 11 is 0. The molecule has 0 saturated carbocycles. The Bertz CT molecular complexity index is 585. The van der Waals surface area contributed by atoms with Gasteiger partial charge in [-0.1, -0.05) is 12.1 Å². The number of hydrogen-bond donors (Lipinski definition) is 3. The van der Waals surface area contributed by atoms with E-state index >= 15 is 0 Å². The molecule has 1 rings (SSSR count). The first kappa shape index (κ1) is 19.2. The Morgan fingerprint density at radius 3 is 2.43 bits per heavy atom. The van der Waals surface area contributed by atoms with E-state index < -0.39 is 10.0 Å². The maximum absolute atomic E-state index is 11.3. The maximum atomic E-state index is 11.3. The summed E-state index contributed by atoms with van der Waals surface area (Å²) in [6.07, 6.45) is 0.683. The van der Waals surface area contributed by atoms with Gasteiger partial charge in [-0.2, -0.15) is 0 Å². The molecule has 1 aromatic rings. The monoisotopic (exact) mass is 342 g/mol. The number of benzene rings is 1. The lowest BCUT2D eigenvalue weighted by atomic mass is 10.2. The van der Waals surface area contributed by atoms with Gasteiger partial charge in [0.1, 0.15) is 5.75 Å². The zero-order chi connectivity index (χ0) is 17.1. The smallest absolute Gasteiger partial charge is 0.211 e. The first-order valence-electron chi connectivity index (χ1n) is 7.55. The zero-order valence-electron chi connectivity index (χ0n) is 13.9. The number of nitrogens with zero attached hydrogens (tertiary/aromatic N) is 1. The third-order valence-corrected chi connectivity index (χ3v) is 4.59. The molecule has 0 bridgehead atoms. The first-order chi connectivity index (χ1) is 11.0. The van der Waals surface area contributed by atoms with E-state index in [1.54, 1.807) is 21.1 Å². The zero-order valence-corrected chi connectivity index (χ0v) is 14.7. The van der Waals surface area contributed by atoms with Crippen LogP contribution in [0, 0.1) is 0 Å². The first-order valence-corrected chi connectivity index (χ1v) is 9.20. The molecule has 0 saturated heterocycles. The van der Waals surface area contributed by atoms with Crippen molar-refractivity contribution >= 4 is 16.0 Å². The van der Waals surface area contributed by atoms with Crippen LogP contribution >= 0.6 is 0 Å². The van der Waals surface area contributed by atoms with Crippen LogP contribution in [-0.4, -0.2) is 47.4 Å². The highest BCUT2D eigenvalue weighted by Crippen LogP contribution is 2.10. The molecule has 0 heterocycles. The second-order valence-corrected chi connectivity index (χ2v) is 6.95. The van der Waals surface area contributed by atoms with Gasteiger partial charge in [0.25, 0.3) is 0 Å². The van der Waals surface area contributed by atoms with Crippen molar-refractivity contribution in [3.63, 3.8) is 0 Å². The van der Waals surface area contributed by atoms with E-state index in [1.807, 2.05) is 24.3 Å². The third-order valence-electron chi connectivity index (χ3n) is 3.19. The molecule has 7 nitrogen and oxygen atoms in total. The van der Waals surface area contributed by atoms with E-state index in [0.717, 1.165) is 11.3 Å². The van der Waals surface area contributed by atoms with Crippen LogP contribution in [0.3, 0.4) is 0 Å². The molecular formula is C15H26N4O3S. The van der Waals surface area contributed by atoms with Gasteiger partial charge in [0.2, 0.25) is 10.0 Å². The highest BCUT2D eigenvalue weighted by Gasteiger charge is 2.04. The van der Waals surface area contributed by atoms with Gasteiger partial charge in [-0.15, -0.1) is 0 Å². The van der Waals surface area contributed by atoms with Crippen LogP contribution in [0.5, 0.6) is 5.75 Å². The van der Waals surface area contributed by atoms with E-state index in [2.05, 4.69) is 20.3 Å². The number of aliphatic imine (C=N–C) groups is 1. The molecule has 0 aliphatic rings. The minimum atomic E-state index is -3.11. The molecule has 23 heavy (non-hydrogen) atoms. The molecule has 130 valence electrons. The molecule has 3 N–H and O–H groups in total. The fourth-order valence-corrected chi connectivity index (χ4v) is 2.43. The summed E-state index contributed by atoms with van der Waals surface area (Å²) in [6.45, 7) is 3.31. The van der Waals surface area contributed by atoms with Gasteiger partial charge < -0.3 is 15.4 Å². The second kappa shape index (κ2) is 10.1. The molecule has 0 fully saturated rings. The number of ether oxygens (including phenoxy) is 1. The summed E-state index contributed by atoms with van der Waals surface area (Å²) < 4.78 is 30.2. The average molecular weight is 342 g/mol. The van der Waals surface area contributed by atoms with Crippen molar-refractivity contribution in [1.29, 1.82) is 0 Å². The number of rotatable bonds is 9. The van der Waals surface area contributed by atoms with Gasteiger partial charge in [-0.25, -0.2) is 13.1 Å². The van der Waals surface area contributed by atoms with E-state index in [1.165, 1.54) is 0 Å². The van der Waals surface area contributed by atoms with Gasteiger partial charge in [0, 0.05) is 26.7 Å². The quantitative estimate of drug-likeness (QED) is 0.349.